The standard InChI is InChI=1S/C41H56FNO6/c1-23(2)33-28(44)21-41(35(46)43-25-11-9-24(42)10-12-25)20-15-27-26(34(33)41)13-14-30-39(27,7)18-16-29-38(5,6)31(17-19-40(29,30)8)49-32(45)22-37(3,4)36(47)48/h9-12,23,26-27,29-31H,13-22H2,1-8H3,(H,43,46)(H,47,48)/t26?,27?,29?,30?,31-,39-,40-,41?/m0/s1. The molecule has 5 unspecified atom stereocenters. The van der Waals surface area contributed by atoms with E-state index in [-0.39, 0.29) is 64.5 Å². The first-order chi connectivity index (χ1) is 22.8. The molecule has 0 saturated heterocycles. The van der Waals surface area contributed by atoms with Gasteiger partial charge in [-0.2, -0.15) is 0 Å². The Hall–Kier alpha value is -3.03. The lowest BCUT2D eigenvalue weighted by Gasteiger charge is -2.68. The van der Waals surface area contributed by atoms with Crippen LogP contribution in [0, 0.1) is 62.5 Å². The van der Waals surface area contributed by atoms with Crippen molar-refractivity contribution >= 4 is 29.3 Å². The van der Waals surface area contributed by atoms with Crippen molar-refractivity contribution in [3.05, 3.63) is 41.2 Å². The van der Waals surface area contributed by atoms with E-state index in [0.717, 1.165) is 56.1 Å². The van der Waals surface area contributed by atoms with Crippen LogP contribution < -0.4 is 5.32 Å². The molecule has 0 heterocycles. The average Bonchev–Trinajstić information content (AvgIpc) is 3.33. The number of Topliss-reactive ketones (excluding diaryl/α,β-unsaturated/α-hetero) is 1. The van der Waals surface area contributed by atoms with E-state index in [0.29, 0.717) is 29.9 Å². The number of carboxylic acids is 1. The van der Waals surface area contributed by atoms with Gasteiger partial charge in [0.1, 0.15) is 11.9 Å². The zero-order valence-electron chi connectivity index (χ0n) is 30.7. The fourth-order valence-electron chi connectivity index (χ4n) is 12.2. The summed E-state index contributed by atoms with van der Waals surface area (Å²) in [5, 5.41) is 12.6. The minimum atomic E-state index is -1.18. The second-order valence-electron chi connectivity index (χ2n) is 18.3. The highest BCUT2D eigenvalue weighted by Gasteiger charge is 2.67. The number of ether oxygens (including phenoxy) is 1. The van der Waals surface area contributed by atoms with Gasteiger partial charge in [0.2, 0.25) is 5.91 Å². The number of carbonyl (C=O) groups is 4. The molecule has 1 aromatic rings. The molecule has 5 aliphatic rings. The Morgan fingerprint density at radius 3 is 2.22 bits per heavy atom. The zero-order chi connectivity index (χ0) is 35.9. The van der Waals surface area contributed by atoms with Gasteiger partial charge in [-0.25, -0.2) is 4.39 Å². The second kappa shape index (κ2) is 12.0. The Kier molecular flexibility index (Phi) is 8.79. The monoisotopic (exact) mass is 677 g/mol. The lowest BCUT2D eigenvalue weighted by atomic mass is 9.36. The number of benzene rings is 1. The molecule has 0 aliphatic heterocycles. The smallest absolute Gasteiger partial charge is 0.309 e. The first-order valence-corrected chi connectivity index (χ1v) is 18.6. The average molecular weight is 678 g/mol. The molecule has 8 heteroatoms. The Morgan fingerprint density at radius 2 is 1.59 bits per heavy atom. The van der Waals surface area contributed by atoms with E-state index in [2.05, 4.69) is 46.9 Å². The third kappa shape index (κ3) is 5.58. The first-order valence-electron chi connectivity index (χ1n) is 18.6. The van der Waals surface area contributed by atoms with Crippen molar-refractivity contribution in [3.63, 3.8) is 0 Å². The summed E-state index contributed by atoms with van der Waals surface area (Å²) in [6.45, 7) is 16.7. The number of hydrogen-bond donors (Lipinski definition) is 2. The van der Waals surface area contributed by atoms with E-state index >= 15 is 0 Å². The van der Waals surface area contributed by atoms with Gasteiger partial charge in [-0.1, -0.05) is 41.5 Å². The van der Waals surface area contributed by atoms with Crippen molar-refractivity contribution in [2.24, 2.45) is 56.7 Å². The van der Waals surface area contributed by atoms with Crippen LogP contribution in [0.25, 0.3) is 0 Å². The molecule has 0 spiro atoms. The maximum Gasteiger partial charge on any atom is 0.309 e. The van der Waals surface area contributed by atoms with E-state index in [1.54, 1.807) is 26.0 Å². The highest BCUT2D eigenvalue weighted by atomic mass is 19.1. The molecule has 5 aliphatic carbocycles. The van der Waals surface area contributed by atoms with Crippen molar-refractivity contribution in [1.82, 2.24) is 0 Å². The van der Waals surface area contributed by atoms with Crippen LogP contribution in [-0.2, 0) is 23.9 Å². The normalized spacial score (nSPS) is 36.7. The number of esters is 1. The summed E-state index contributed by atoms with van der Waals surface area (Å²) in [4.78, 5) is 52.8. The Labute approximate surface area is 291 Å². The molecule has 0 aromatic heterocycles. The highest BCUT2D eigenvalue weighted by Crippen LogP contribution is 2.73. The Balaban J connectivity index is 1.27. The fraction of sp³-hybridized carbons (Fsp3) is 0.707. The lowest BCUT2D eigenvalue weighted by Crippen LogP contribution is -2.63. The largest absolute Gasteiger partial charge is 0.481 e. The molecular formula is C41H56FNO6. The lowest BCUT2D eigenvalue weighted by molar-refractivity contribution is -0.213. The number of aliphatic carboxylic acids is 1. The predicted molar refractivity (Wildman–Crippen MR) is 186 cm³/mol. The van der Waals surface area contributed by atoms with Crippen molar-refractivity contribution in [1.29, 1.82) is 0 Å². The minimum absolute atomic E-state index is 0.0281. The van der Waals surface area contributed by atoms with Crippen LogP contribution in [0.15, 0.2) is 35.4 Å². The molecule has 8 atom stereocenters. The van der Waals surface area contributed by atoms with Crippen LogP contribution in [0.5, 0.6) is 0 Å². The molecule has 49 heavy (non-hydrogen) atoms. The number of carbonyl (C=O) groups excluding carboxylic acids is 3. The number of allylic oxidation sites excluding steroid dienone is 1. The summed E-state index contributed by atoms with van der Waals surface area (Å²) in [5.41, 5.74) is 0.276. The maximum absolute atomic E-state index is 14.3. The molecule has 268 valence electrons. The van der Waals surface area contributed by atoms with Crippen LogP contribution in [0.2, 0.25) is 0 Å². The van der Waals surface area contributed by atoms with E-state index in [9.17, 15) is 28.7 Å². The van der Waals surface area contributed by atoms with Crippen LogP contribution in [0.1, 0.15) is 120 Å². The molecular weight excluding hydrogens is 621 g/mol. The van der Waals surface area contributed by atoms with Crippen molar-refractivity contribution in [2.45, 2.75) is 126 Å². The summed E-state index contributed by atoms with van der Waals surface area (Å²) in [5.74, 6) is -0.479. The van der Waals surface area contributed by atoms with Gasteiger partial charge < -0.3 is 15.2 Å². The van der Waals surface area contributed by atoms with Gasteiger partial charge in [-0.05, 0) is 141 Å². The molecule has 0 bridgehead atoms. The van der Waals surface area contributed by atoms with Gasteiger partial charge >= 0.3 is 11.9 Å². The van der Waals surface area contributed by atoms with Crippen LogP contribution in [0.3, 0.4) is 0 Å². The number of nitrogens with one attached hydrogen (secondary N) is 1. The first kappa shape index (κ1) is 35.8. The SMILES string of the molecule is CC(C)C1=C2C3CCC4[C@@](C)(CCC5C(C)(C)[C@@H](OC(=O)CC(C)(C)C(=O)O)CC[C@@]54C)C3CCC2(C(=O)Nc2ccc(F)cc2)CC1=O. The summed E-state index contributed by atoms with van der Waals surface area (Å²) in [7, 11) is 0. The number of carboxylic acid groups (broad SMARTS) is 1. The molecule has 2 N–H and O–H groups in total. The summed E-state index contributed by atoms with van der Waals surface area (Å²) in [6, 6.07) is 5.85. The number of hydrogen-bond acceptors (Lipinski definition) is 5. The fourth-order valence-corrected chi connectivity index (χ4v) is 12.2. The molecule has 1 amide bonds. The van der Waals surface area contributed by atoms with Crippen molar-refractivity contribution in [3.8, 4) is 0 Å². The van der Waals surface area contributed by atoms with Gasteiger partial charge in [0.25, 0.3) is 0 Å². The molecule has 7 nitrogen and oxygen atoms in total. The molecule has 4 saturated carbocycles. The van der Waals surface area contributed by atoms with E-state index in [1.807, 2.05) is 0 Å². The van der Waals surface area contributed by atoms with E-state index in [1.165, 1.54) is 12.1 Å². The number of rotatable bonds is 7. The number of amides is 1. The summed E-state index contributed by atoms with van der Waals surface area (Å²) >= 11 is 0. The van der Waals surface area contributed by atoms with Gasteiger partial charge in [-0.15, -0.1) is 0 Å². The Bertz CT molecular complexity index is 1580. The van der Waals surface area contributed by atoms with E-state index < -0.39 is 22.8 Å². The number of ketones is 1. The predicted octanol–water partition coefficient (Wildman–Crippen LogP) is 8.77. The third-order valence-corrected chi connectivity index (χ3v) is 14.5. The molecule has 1 aromatic carbocycles. The maximum atomic E-state index is 14.3. The number of fused-ring (bicyclic) bond motifs is 7. The summed E-state index contributed by atoms with van der Waals surface area (Å²) < 4.78 is 19.8. The van der Waals surface area contributed by atoms with Crippen LogP contribution in [-0.4, -0.2) is 34.8 Å². The zero-order valence-corrected chi connectivity index (χ0v) is 30.7. The quantitative estimate of drug-likeness (QED) is 0.279. The topological polar surface area (TPSA) is 110 Å². The number of halogens is 1. The summed E-state index contributed by atoms with van der Waals surface area (Å²) in [6.07, 6.45) is 7.05. The second-order valence-corrected chi connectivity index (χ2v) is 18.3. The van der Waals surface area contributed by atoms with Gasteiger partial charge in [-0.3, -0.25) is 19.2 Å². The van der Waals surface area contributed by atoms with Crippen molar-refractivity contribution in [2.75, 3.05) is 5.32 Å². The van der Waals surface area contributed by atoms with E-state index in [4.69, 9.17) is 4.74 Å². The van der Waals surface area contributed by atoms with Crippen molar-refractivity contribution < 1.29 is 33.4 Å². The Morgan fingerprint density at radius 1 is 0.939 bits per heavy atom. The van der Waals surface area contributed by atoms with Crippen LogP contribution in [0.4, 0.5) is 10.1 Å². The van der Waals surface area contributed by atoms with Gasteiger partial charge in [0.05, 0.1) is 17.3 Å². The molecule has 4 fully saturated rings. The van der Waals surface area contributed by atoms with Crippen LogP contribution >= 0.6 is 0 Å². The molecule has 0 radical (unpaired) electrons. The van der Waals surface area contributed by atoms with Gasteiger partial charge in [0.15, 0.2) is 5.78 Å². The highest BCUT2D eigenvalue weighted by molar-refractivity contribution is 6.09. The number of anilines is 1. The minimum Gasteiger partial charge on any atom is -0.481 e. The molecule has 6 rings (SSSR count). The van der Waals surface area contributed by atoms with Gasteiger partial charge in [0, 0.05) is 17.5 Å². The third-order valence-electron chi connectivity index (χ3n) is 14.5.